The standard InChI is InChI=1S/C14H18N2O2S2/c1-10(9-20(3,17)18)8-19-14-11(2)15-12-6-4-5-7-13(12)16-14/h4-7,10H,8-9H2,1-3H3. The number of benzene rings is 1. The third kappa shape index (κ3) is 4.18. The molecule has 1 aromatic carbocycles. The van der Waals surface area contributed by atoms with Gasteiger partial charge in [0.25, 0.3) is 0 Å². The normalized spacial score (nSPS) is 13.6. The van der Waals surface area contributed by atoms with Crippen molar-refractivity contribution in [2.45, 2.75) is 18.9 Å². The van der Waals surface area contributed by atoms with E-state index in [1.54, 1.807) is 11.8 Å². The maximum absolute atomic E-state index is 11.3. The van der Waals surface area contributed by atoms with Crippen LogP contribution in [0.4, 0.5) is 0 Å². The van der Waals surface area contributed by atoms with Crippen molar-refractivity contribution in [3.63, 3.8) is 0 Å². The Bertz CT molecular complexity index is 714. The predicted octanol–water partition coefficient (Wildman–Crippen LogP) is 2.71. The van der Waals surface area contributed by atoms with E-state index in [2.05, 4.69) is 9.97 Å². The first-order valence-corrected chi connectivity index (χ1v) is 9.43. The summed E-state index contributed by atoms with van der Waals surface area (Å²) in [6.45, 7) is 3.88. The molecule has 4 nitrogen and oxygen atoms in total. The first-order valence-electron chi connectivity index (χ1n) is 6.39. The van der Waals surface area contributed by atoms with E-state index in [1.165, 1.54) is 6.26 Å². The van der Waals surface area contributed by atoms with Crippen LogP contribution in [0.1, 0.15) is 12.6 Å². The number of thioether (sulfide) groups is 1. The first kappa shape index (κ1) is 15.3. The molecule has 0 saturated heterocycles. The number of nitrogens with zero attached hydrogens (tertiary/aromatic N) is 2. The Balaban J connectivity index is 2.12. The molecule has 0 aliphatic rings. The Morgan fingerprint density at radius 2 is 1.80 bits per heavy atom. The number of aryl methyl sites for hydroxylation is 1. The average Bonchev–Trinajstić information content (AvgIpc) is 2.34. The highest BCUT2D eigenvalue weighted by atomic mass is 32.2. The van der Waals surface area contributed by atoms with Crippen molar-refractivity contribution < 1.29 is 8.42 Å². The van der Waals surface area contributed by atoms with Gasteiger partial charge in [0.15, 0.2) is 0 Å². The number of hydrogen-bond donors (Lipinski definition) is 0. The molecular weight excluding hydrogens is 292 g/mol. The lowest BCUT2D eigenvalue weighted by molar-refractivity contribution is 0.589. The van der Waals surface area contributed by atoms with Crippen LogP contribution in [-0.4, -0.2) is 36.1 Å². The summed E-state index contributed by atoms with van der Waals surface area (Å²) in [6.07, 6.45) is 1.27. The molecule has 1 atom stereocenters. The summed E-state index contributed by atoms with van der Waals surface area (Å²) in [5.41, 5.74) is 2.65. The van der Waals surface area contributed by atoms with Gasteiger partial charge in [-0.05, 0) is 25.0 Å². The van der Waals surface area contributed by atoms with Gasteiger partial charge in [-0.25, -0.2) is 18.4 Å². The van der Waals surface area contributed by atoms with Crippen molar-refractivity contribution in [3.8, 4) is 0 Å². The minimum absolute atomic E-state index is 0.0997. The highest BCUT2D eigenvalue weighted by molar-refractivity contribution is 7.99. The van der Waals surface area contributed by atoms with E-state index in [0.717, 1.165) is 27.5 Å². The van der Waals surface area contributed by atoms with Crippen LogP contribution < -0.4 is 0 Å². The molecule has 6 heteroatoms. The van der Waals surface area contributed by atoms with Gasteiger partial charge >= 0.3 is 0 Å². The quantitative estimate of drug-likeness (QED) is 0.795. The Morgan fingerprint density at radius 3 is 2.40 bits per heavy atom. The molecule has 0 amide bonds. The molecule has 1 aromatic heterocycles. The zero-order chi connectivity index (χ0) is 14.8. The van der Waals surface area contributed by atoms with Crippen molar-refractivity contribution in [1.29, 1.82) is 0 Å². The number of rotatable bonds is 5. The maximum atomic E-state index is 11.3. The molecule has 2 aromatic rings. The smallest absolute Gasteiger partial charge is 0.147 e. The van der Waals surface area contributed by atoms with Crippen LogP contribution in [0.25, 0.3) is 11.0 Å². The molecular formula is C14H18N2O2S2. The molecule has 1 heterocycles. The fourth-order valence-corrected chi connectivity index (χ4v) is 4.27. The zero-order valence-electron chi connectivity index (χ0n) is 11.8. The van der Waals surface area contributed by atoms with E-state index in [9.17, 15) is 8.42 Å². The van der Waals surface area contributed by atoms with Crippen molar-refractivity contribution in [2.75, 3.05) is 17.8 Å². The molecule has 0 aliphatic heterocycles. The Hall–Kier alpha value is -1.14. The number of aromatic nitrogens is 2. The molecule has 0 radical (unpaired) electrons. The molecule has 1 unspecified atom stereocenters. The van der Waals surface area contributed by atoms with Crippen molar-refractivity contribution in [2.24, 2.45) is 5.92 Å². The van der Waals surface area contributed by atoms with Gasteiger partial charge in [0.1, 0.15) is 14.9 Å². The Kier molecular flexibility index (Phi) is 4.65. The minimum Gasteiger partial charge on any atom is -0.249 e. The summed E-state index contributed by atoms with van der Waals surface area (Å²) >= 11 is 1.57. The fourth-order valence-electron chi connectivity index (χ4n) is 1.99. The highest BCUT2D eigenvalue weighted by Gasteiger charge is 2.13. The van der Waals surface area contributed by atoms with Crippen molar-refractivity contribution >= 4 is 32.6 Å². The summed E-state index contributed by atoms with van der Waals surface area (Å²) in [4.78, 5) is 9.12. The number of hydrogen-bond acceptors (Lipinski definition) is 5. The molecule has 0 saturated carbocycles. The van der Waals surface area contributed by atoms with E-state index >= 15 is 0 Å². The van der Waals surface area contributed by atoms with Crippen LogP contribution in [0, 0.1) is 12.8 Å². The third-order valence-corrected chi connectivity index (χ3v) is 5.36. The molecule has 0 N–H and O–H groups in total. The van der Waals surface area contributed by atoms with Gasteiger partial charge in [-0.1, -0.05) is 19.1 Å². The Labute approximate surface area is 123 Å². The number of para-hydroxylation sites is 2. The van der Waals surface area contributed by atoms with Gasteiger partial charge in [-0.15, -0.1) is 11.8 Å². The van der Waals surface area contributed by atoms with E-state index in [-0.39, 0.29) is 11.7 Å². The number of fused-ring (bicyclic) bond motifs is 1. The second kappa shape index (κ2) is 6.10. The monoisotopic (exact) mass is 310 g/mol. The van der Waals surface area contributed by atoms with Gasteiger partial charge in [0, 0.05) is 12.0 Å². The van der Waals surface area contributed by atoms with Crippen LogP contribution in [0.2, 0.25) is 0 Å². The summed E-state index contributed by atoms with van der Waals surface area (Å²) < 4.78 is 22.5. The molecule has 0 fully saturated rings. The molecule has 0 bridgehead atoms. The maximum Gasteiger partial charge on any atom is 0.147 e. The largest absolute Gasteiger partial charge is 0.249 e. The van der Waals surface area contributed by atoms with Gasteiger partial charge in [-0.2, -0.15) is 0 Å². The summed E-state index contributed by atoms with van der Waals surface area (Å²) in [7, 11) is -2.92. The van der Waals surface area contributed by atoms with Gasteiger partial charge < -0.3 is 0 Å². The second-order valence-electron chi connectivity index (χ2n) is 5.11. The lowest BCUT2D eigenvalue weighted by atomic mass is 10.3. The topological polar surface area (TPSA) is 59.9 Å². The van der Waals surface area contributed by atoms with Crippen LogP contribution in [0.3, 0.4) is 0 Å². The van der Waals surface area contributed by atoms with Gasteiger partial charge in [-0.3, -0.25) is 0 Å². The van der Waals surface area contributed by atoms with Gasteiger partial charge in [0.2, 0.25) is 0 Å². The summed E-state index contributed by atoms with van der Waals surface area (Å²) in [6, 6.07) is 7.76. The van der Waals surface area contributed by atoms with Crippen LogP contribution in [-0.2, 0) is 9.84 Å². The van der Waals surface area contributed by atoms with Gasteiger partial charge in [0.05, 0.1) is 22.5 Å². The summed E-state index contributed by atoms with van der Waals surface area (Å²) in [5, 5.41) is 0.879. The lowest BCUT2D eigenvalue weighted by Gasteiger charge is -2.10. The zero-order valence-corrected chi connectivity index (χ0v) is 13.5. The summed E-state index contributed by atoms with van der Waals surface area (Å²) in [5.74, 6) is 1.03. The molecule has 0 aliphatic carbocycles. The van der Waals surface area contributed by atoms with Crippen LogP contribution >= 0.6 is 11.8 Å². The molecule has 2 rings (SSSR count). The fraction of sp³-hybridized carbons (Fsp3) is 0.429. The molecule has 0 spiro atoms. The highest BCUT2D eigenvalue weighted by Crippen LogP contribution is 2.24. The second-order valence-corrected chi connectivity index (χ2v) is 8.31. The van der Waals surface area contributed by atoms with Crippen LogP contribution in [0.5, 0.6) is 0 Å². The van der Waals surface area contributed by atoms with Crippen molar-refractivity contribution in [3.05, 3.63) is 30.0 Å². The first-order chi connectivity index (χ1) is 9.35. The molecule has 108 valence electrons. The van der Waals surface area contributed by atoms with E-state index < -0.39 is 9.84 Å². The van der Waals surface area contributed by atoms with E-state index in [4.69, 9.17) is 0 Å². The Morgan fingerprint density at radius 1 is 1.20 bits per heavy atom. The minimum atomic E-state index is -2.92. The van der Waals surface area contributed by atoms with Crippen LogP contribution in [0.15, 0.2) is 29.3 Å². The lowest BCUT2D eigenvalue weighted by Crippen LogP contribution is -2.14. The van der Waals surface area contributed by atoms with E-state index in [0.29, 0.717) is 0 Å². The number of sulfone groups is 1. The molecule has 20 heavy (non-hydrogen) atoms. The van der Waals surface area contributed by atoms with E-state index in [1.807, 2.05) is 38.1 Å². The SMILES string of the molecule is Cc1nc2ccccc2nc1SCC(C)CS(C)(=O)=O. The average molecular weight is 310 g/mol. The predicted molar refractivity (Wildman–Crippen MR) is 83.9 cm³/mol. The third-order valence-electron chi connectivity index (χ3n) is 2.79. The van der Waals surface area contributed by atoms with Crippen molar-refractivity contribution in [1.82, 2.24) is 9.97 Å².